The van der Waals surface area contributed by atoms with Crippen molar-refractivity contribution >= 4 is 35.6 Å². The number of aliphatic imine (C=N–C) groups is 1. The van der Waals surface area contributed by atoms with E-state index in [1.165, 1.54) is 39.5 Å². The third kappa shape index (κ3) is 6.36. The van der Waals surface area contributed by atoms with Crippen LogP contribution in [-0.2, 0) is 6.54 Å². The van der Waals surface area contributed by atoms with Gasteiger partial charge in [-0.3, -0.25) is 4.99 Å². The number of guanidine groups is 1. The molecule has 2 rings (SSSR count). The summed E-state index contributed by atoms with van der Waals surface area (Å²) >= 11 is 0. The molecule has 0 saturated heterocycles. The fourth-order valence-electron chi connectivity index (χ4n) is 2.32. The molecule has 0 heterocycles. The van der Waals surface area contributed by atoms with Crippen LogP contribution < -0.4 is 24.8 Å². The molecule has 154 valence electrons. The summed E-state index contributed by atoms with van der Waals surface area (Å²) in [6.07, 6.45) is 0. The Kier molecular flexibility index (Phi) is 9.69. The minimum atomic E-state index is -3.05. The summed E-state index contributed by atoms with van der Waals surface area (Å²) in [7, 11) is 4.56. The van der Waals surface area contributed by atoms with Crippen LogP contribution in [0.1, 0.15) is 5.56 Å². The van der Waals surface area contributed by atoms with Crippen molar-refractivity contribution < 1.29 is 27.4 Å². The van der Waals surface area contributed by atoms with E-state index in [0.29, 0.717) is 23.1 Å². The lowest BCUT2D eigenvalue weighted by Gasteiger charge is -2.16. The number of hydrogen-bond acceptors (Lipinski definition) is 4. The fourth-order valence-corrected chi connectivity index (χ4v) is 2.32. The molecule has 0 spiro atoms. The second-order valence-electron chi connectivity index (χ2n) is 5.22. The van der Waals surface area contributed by atoms with E-state index >= 15 is 0 Å². The Morgan fingerprint density at radius 3 is 2.39 bits per heavy atom. The van der Waals surface area contributed by atoms with Gasteiger partial charge in [0.1, 0.15) is 11.6 Å². The zero-order chi connectivity index (χ0) is 19.8. The summed E-state index contributed by atoms with van der Waals surface area (Å²) in [5, 5.41) is 5.85. The number of nitrogens with zero attached hydrogens (tertiary/aromatic N) is 1. The summed E-state index contributed by atoms with van der Waals surface area (Å²) in [6, 6.07) is 8.88. The lowest BCUT2D eigenvalue weighted by molar-refractivity contribution is -0.0506. The van der Waals surface area contributed by atoms with Gasteiger partial charge in [-0.1, -0.05) is 6.07 Å². The molecule has 28 heavy (non-hydrogen) atoms. The van der Waals surface area contributed by atoms with Crippen LogP contribution in [0.4, 0.5) is 18.9 Å². The van der Waals surface area contributed by atoms with Gasteiger partial charge in [0.25, 0.3) is 0 Å². The molecule has 0 aliphatic carbocycles. The van der Waals surface area contributed by atoms with Gasteiger partial charge in [-0.25, -0.2) is 4.39 Å². The van der Waals surface area contributed by atoms with Crippen LogP contribution in [0.3, 0.4) is 0 Å². The SMILES string of the molecule is CN=C(NCc1c(F)cccc1OC(F)F)Nc1ccc(OC)c(OC)c1.I. The van der Waals surface area contributed by atoms with Gasteiger partial charge in [0.15, 0.2) is 17.5 Å². The van der Waals surface area contributed by atoms with Gasteiger partial charge in [-0.2, -0.15) is 8.78 Å². The van der Waals surface area contributed by atoms with Crippen molar-refractivity contribution in [2.75, 3.05) is 26.6 Å². The molecule has 0 aliphatic heterocycles. The summed E-state index contributed by atoms with van der Waals surface area (Å²) in [5.41, 5.74) is 0.603. The number of anilines is 1. The molecular weight excluding hydrogens is 490 g/mol. The zero-order valence-corrected chi connectivity index (χ0v) is 17.8. The highest BCUT2D eigenvalue weighted by atomic mass is 127. The van der Waals surface area contributed by atoms with E-state index in [4.69, 9.17) is 9.47 Å². The average Bonchev–Trinajstić information content (AvgIpc) is 2.65. The van der Waals surface area contributed by atoms with E-state index in [-0.39, 0.29) is 41.8 Å². The lowest BCUT2D eigenvalue weighted by atomic mass is 10.2. The number of benzene rings is 2. The normalized spacial score (nSPS) is 10.9. The molecule has 0 saturated carbocycles. The van der Waals surface area contributed by atoms with Gasteiger partial charge in [-0.05, 0) is 24.3 Å². The molecule has 0 fully saturated rings. The second kappa shape index (κ2) is 11.5. The molecule has 0 amide bonds. The molecule has 2 N–H and O–H groups in total. The number of halogens is 4. The molecule has 0 aromatic heterocycles. The Morgan fingerprint density at radius 2 is 1.79 bits per heavy atom. The van der Waals surface area contributed by atoms with Crippen molar-refractivity contribution in [1.82, 2.24) is 5.32 Å². The Bertz CT molecular complexity index is 807. The number of hydrogen-bond donors (Lipinski definition) is 2. The van der Waals surface area contributed by atoms with Crippen molar-refractivity contribution in [2.24, 2.45) is 4.99 Å². The topological polar surface area (TPSA) is 64.1 Å². The molecule has 0 bridgehead atoms. The van der Waals surface area contributed by atoms with Crippen LogP contribution in [0.2, 0.25) is 0 Å². The highest BCUT2D eigenvalue weighted by Gasteiger charge is 2.14. The van der Waals surface area contributed by atoms with Crippen molar-refractivity contribution in [1.29, 1.82) is 0 Å². The molecule has 0 unspecified atom stereocenters. The highest BCUT2D eigenvalue weighted by molar-refractivity contribution is 14.0. The maximum atomic E-state index is 14.0. The standard InChI is InChI=1S/C18H20F3N3O3.HI/c1-22-18(24-11-7-8-15(25-2)16(9-11)26-3)23-10-12-13(19)5-4-6-14(12)27-17(20)21;/h4-9,17H,10H2,1-3H3,(H2,22,23,24);1H. The van der Waals surface area contributed by atoms with E-state index in [9.17, 15) is 13.2 Å². The Morgan fingerprint density at radius 1 is 1.07 bits per heavy atom. The van der Waals surface area contributed by atoms with Crippen LogP contribution >= 0.6 is 24.0 Å². The predicted molar refractivity (Wildman–Crippen MR) is 112 cm³/mol. The van der Waals surface area contributed by atoms with Gasteiger partial charge in [0, 0.05) is 30.9 Å². The average molecular weight is 511 g/mol. The lowest BCUT2D eigenvalue weighted by Crippen LogP contribution is -2.30. The number of nitrogens with one attached hydrogen (secondary N) is 2. The van der Waals surface area contributed by atoms with Gasteiger partial charge >= 0.3 is 6.61 Å². The Labute approximate surface area is 178 Å². The van der Waals surface area contributed by atoms with Gasteiger partial charge < -0.3 is 24.8 Å². The van der Waals surface area contributed by atoms with E-state index in [2.05, 4.69) is 20.4 Å². The number of alkyl halides is 2. The van der Waals surface area contributed by atoms with Crippen molar-refractivity contribution in [3.05, 3.63) is 47.8 Å². The first kappa shape index (κ1) is 23.7. The molecular formula is C18H21F3IN3O3. The molecule has 0 atom stereocenters. The van der Waals surface area contributed by atoms with Gasteiger partial charge in [0.2, 0.25) is 0 Å². The quantitative estimate of drug-likeness (QED) is 0.331. The minimum Gasteiger partial charge on any atom is -0.493 e. The van der Waals surface area contributed by atoms with E-state index in [1.54, 1.807) is 18.2 Å². The van der Waals surface area contributed by atoms with Gasteiger partial charge in [-0.15, -0.1) is 24.0 Å². The Balaban J connectivity index is 0.00000392. The maximum absolute atomic E-state index is 14.0. The first-order chi connectivity index (χ1) is 13.0. The second-order valence-corrected chi connectivity index (χ2v) is 5.22. The molecule has 0 aliphatic rings. The van der Waals surface area contributed by atoms with Gasteiger partial charge in [0.05, 0.1) is 14.2 Å². The highest BCUT2D eigenvalue weighted by Crippen LogP contribution is 2.29. The summed E-state index contributed by atoms with van der Waals surface area (Å²) in [5.74, 6) is 0.473. The zero-order valence-electron chi connectivity index (χ0n) is 15.5. The first-order valence-electron chi connectivity index (χ1n) is 7.90. The predicted octanol–water partition coefficient (Wildman–Crippen LogP) is 4.25. The fraction of sp³-hybridized carbons (Fsp3) is 0.278. The maximum Gasteiger partial charge on any atom is 0.387 e. The summed E-state index contributed by atoms with van der Waals surface area (Å²) in [6.45, 7) is -3.16. The van der Waals surface area contributed by atoms with Crippen LogP contribution in [-0.4, -0.2) is 33.8 Å². The number of ether oxygens (including phenoxy) is 3. The van der Waals surface area contributed by atoms with E-state index in [0.717, 1.165) is 0 Å². The largest absolute Gasteiger partial charge is 0.493 e. The van der Waals surface area contributed by atoms with Crippen LogP contribution in [0, 0.1) is 5.82 Å². The number of methoxy groups -OCH3 is 2. The minimum absolute atomic E-state index is 0. The summed E-state index contributed by atoms with van der Waals surface area (Å²) < 4.78 is 53.8. The summed E-state index contributed by atoms with van der Waals surface area (Å²) in [4.78, 5) is 4.03. The smallest absolute Gasteiger partial charge is 0.387 e. The van der Waals surface area contributed by atoms with Crippen LogP contribution in [0.25, 0.3) is 0 Å². The monoisotopic (exact) mass is 511 g/mol. The third-order valence-corrected chi connectivity index (χ3v) is 3.59. The van der Waals surface area contributed by atoms with Crippen LogP contribution in [0.5, 0.6) is 17.2 Å². The van der Waals surface area contributed by atoms with Crippen LogP contribution in [0.15, 0.2) is 41.4 Å². The van der Waals surface area contributed by atoms with Crippen molar-refractivity contribution in [2.45, 2.75) is 13.2 Å². The third-order valence-electron chi connectivity index (χ3n) is 3.59. The molecule has 2 aromatic rings. The Hall–Kier alpha value is -2.37. The molecule has 0 radical (unpaired) electrons. The molecule has 10 heteroatoms. The first-order valence-corrected chi connectivity index (χ1v) is 7.90. The molecule has 6 nitrogen and oxygen atoms in total. The number of rotatable bonds is 7. The van der Waals surface area contributed by atoms with E-state index in [1.807, 2.05) is 0 Å². The van der Waals surface area contributed by atoms with E-state index < -0.39 is 12.4 Å². The van der Waals surface area contributed by atoms with Crippen molar-refractivity contribution in [3.8, 4) is 17.2 Å². The molecule has 2 aromatic carbocycles. The van der Waals surface area contributed by atoms with Crippen molar-refractivity contribution in [3.63, 3.8) is 0 Å².